The van der Waals surface area contributed by atoms with Gasteiger partial charge >= 0.3 is 0 Å². The third kappa shape index (κ3) is 2.21. The first-order valence-electron chi connectivity index (χ1n) is 7.79. The van der Waals surface area contributed by atoms with E-state index in [9.17, 15) is 5.11 Å². The van der Waals surface area contributed by atoms with Gasteiger partial charge in [0, 0.05) is 11.8 Å². The molecule has 2 heterocycles. The number of nitrogens with two attached hydrogens (primary N) is 1. The number of hydrogen-bond acceptors (Lipinski definition) is 4. The number of nitrogen functional groups attached to an aromatic ring is 1. The van der Waals surface area contributed by atoms with Crippen LogP contribution in [0.25, 0.3) is 0 Å². The van der Waals surface area contributed by atoms with Crippen LogP contribution in [0.3, 0.4) is 0 Å². The summed E-state index contributed by atoms with van der Waals surface area (Å²) in [5.74, 6) is 0.480. The number of likely N-dealkylation sites (tertiary alicyclic amines) is 1. The third-order valence-corrected chi connectivity index (χ3v) is 5.10. The van der Waals surface area contributed by atoms with E-state index in [2.05, 4.69) is 9.88 Å². The number of hydrogen-bond donors (Lipinski definition) is 2. The Morgan fingerprint density at radius 2 is 1.90 bits per heavy atom. The van der Waals surface area contributed by atoms with Crippen molar-refractivity contribution in [3.8, 4) is 0 Å². The topological polar surface area (TPSA) is 62.4 Å². The zero-order valence-corrected chi connectivity index (χ0v) is 12.3. The van der Waals surface area contributed by atoms with E-state index >= 15 is 0 Å². The maximum absolute atomic E-state index is 11.1. The van der Waals surface area contributed by atoms with Crippen LogP contribution in [0.4, 0.5) is 5.82 Å². The first-order chi connectivity index (χ1) is 9.63. The summed E-state index contributed by atoms with van der Waals surface area (Å²) >= 11 is 0. The molecule has 1 atom stereocenters. The molecular weight excluding hydrogens is 250 g/mol. The first kappa shape index (κ1) is 13.8. The van der Waals surface area contributed by atoms with Crippen molar-refractivity contribution in [2.75, 3.05) is 18.8 Å². The Labute approximate surface area is 121 Å². The SMILES string of the molecule is Cc1cnc(N)c(C(O)C2(N3CCCC3)CCCC2)c1. The molecule has 0 radical (unpaired) electrons. The average molecular weight is 275 g/mol. The van der Waals surface area contributed by atoms with Gasteiger partial charge in [0.05, 0.1) is 5.54 Å². The number of pyridine rings is 1. The molecule has 1 aliphatic carbocycles. The van der Waals surface area contributed by atoms with Crippen LogP contribution in [-0.2, 0) is 0 Å². The fourth-order valence-corrected chi connectivity index (χ4v) is 4.02. The van der Waals surface area contributed by atoms with E-state index in [0.29, 0.717) is 5.82 Å². The van der Waals surface area contributed by atoms with E-state index in [4.69, 9.17) is 5.73 Å². The number of anilines is 1. The fraction of sp³-hybridized carbons (Fsp3) is 0.688. The Kier molecular flexibility index (Phi) is 3.69. The van der Waals surface area contributed by atoms with Gasteiger partial charge in [-0.15, -0.1) is 0 Å². The molecule has 110 valence electrons. The van der Waals surface area contributed by atoms with E-state index in [1.165, 1.54) is 25.7 Å². The van der Waals surface area contributed by atoms with Crippen LogP contribution in [0, 0.1) is 6.92 Å². The van der Waals surface area contributed by atoms with E-state index in [1.54, 1.807) is 6.20 Å². The average Bonchev–Trinajstić information content (AvgIpc) is 3.11. The van der Waals surface area contributed by atoms with Gasteiger partial charge in [-0.05, 0) is 57.3 Å². The molecule has 0 spiro atoms. The van der Waals surface area contributed by atoms with Crippen LogP contribution in [0.2, 0.25) is 0 Å². The molecule has 0 aromatic carbocycles. The summed E-state index contributed by atoms with van der Waals surface area (Å²) < 4.78 is 0. The fourth-order valence-electron chi connectivity index (χ4n) is 4.02. The summed E-state index contributed by atoms with van der Waals surface area (Å²) in [6.07, 6.45) is 8.28. The van der Waals surface area contributed by atoms with Crippen molar-refractivity contribution >= 4 is 5.82 Å². The second-order valence-electron chi connectivity index (χ2n) is 6.39. The van der Waals surface area contributed by atoms with Gasteiger partial charge in [0.2, 0.25) is 0 Å². The van der Waals surface area contributed by atoms with Gasteiger partial charge in [-0.2, -0.15) is 0 Å². The standard InChI is InChI=1S/C16H25N3O/c1-12-10-13(15(17)18-11-12)14(20)16(6-2-3-7-16)19-8-4-5-9-19/h10-11,14,20H,2-9H2,1H3,(H2,17,18). The lowest BCUT2D eigenvalue weighted by Crippen LogP contribution is -2.49. The summed E-state index contributed by atoms with van der Waals surface area (Å²) in [5, 5.41) is 11.1. The Balaban J connectivity index is 1.96. The monoisotopic (exact) mass is 275 g/mol. The number of rotatable bonds is 3. The molecule has 1 aromatic rings. The first-order valence-corrected chi connectivity index (χ1v) is 7.79. The molecule has 3 N–H and O–H groups in total. The quantitative estimate of drug-likeness (QED) is 0.889. The lowest BCUT2D eigenvalue weighted by atomic mass is 9.84. The Morgan fingerprint density at radius 3 is 2.55 bits per heavy atom. The van der Waals surface area contributed by atoms with Crippen LogP contribution in [-0.4, -0.2) is 33.6 Å². The van der Waals surface area contributed by atoms with Crippen LogP contribution >= 0.6 is 0 Å². The summed E-state index contributed by atoms with van der Waals surface area (Å²) in [7, 11) is 0. The van der Waals surface area contributed by atoms with Gasteiger partial charge in [0.15, 0.2) is 0 Å². The van der Waals surface area contributed by atoms with Gasteiger partial charge in [0.1, 0.15) is 11.9 Å². The molecule has 3 rings (SSSR count). The highest BCUT2D eigenvalue weighted by Gasteiger charge is 2.47. The molecule has 4 heteroatoms. The molecule has 0 amide bonds. The number of aliphatic hydroxyl groups is 1. The minimum Gasteiger partial charge on any atom is -0.386 e. The maximum atomic E-state index is 11.1. The number of nitrogens with zero attached hydrogens (tertiary/aromatic N) is 2. The Morgan fingerprint density at radius 1 is 1.25 bits per heavy atom. The van der Waals surface area contributed by atoms with E-state index < -0.39 is 6.10 Å². The molecule has 1 saturated heterocycles. The number of aliphatic hydroxyl groups excluding tert-OH is 1. The van der Waals surface area contributed by atoms with Crippen molar-refractivity contribution in [2.24, 2.45) is 0 Å². The van der Waals surface area contributed by atoms with E-state index in [0.717, 1.165) is 37.1 Å². The zero-order valence-electron chi connectivity index (χ0n) is 12.3. The minimum atomic E-state index is -0.518. The van der Waals surface area contributed by atoms with Gasteiger partial charge in [-0.25, -0.2) is 4.98 Å². The van der Waals surface area contributed by atoms with Crippen molar-refractivity contribution < 1.29 is 5.11 Å². The number of aromatic nitrogens is 1. The lowest BCUT2D eigenvalue weighted by molar-refractivity contribution is -0.0193. The summed E-state index contributed by atoms with van der Waals surface area (Å²) in [5.41, 5.74) is 7.79. The molecular formula is C16H25N3O. The highest BCUT2D eigenvalue weighted by atomic mass is 16.3. The summed E-state index contributed by atoms with van der Waals surface area (Å²) in [6.45, 7) is 4.21. The number of aryl methyl sites for hydroxylation is 1. The third-order valence-electron chi connectivity index (χ3n) is 5.10. The Bertz CT molecular complexity index is 477. The Hall–Kier alpha value is -1.13. The van der Waals surface area contributed by atoms with Crippen molar-refractivity contribution in [1.29, 1.82) is 0 Å². The van der Waals surface area contributed by atoms with Crippen molar-refractivity contribution in [3.05, 3.63) is 23.4 Å². The van der Waals surface area contributed by atoms with Gasteiger partial charge < -0.3 is 10.8 Å². The zero-order chi connectivity index (χ0) is 14.2. The van der Waals surface area contributed by atoms with Crippen molar-refractivity contribution in [1.82, 2.24) is 9.88 Å². The lowest BCUT2D eigenvalue weighted by Gasteiger charge is -2.43. The molecule has 1 aromatic heterocycles. The van der Waals surface area contributed by atoms with Crippen LogP contribution in [0.5, 0.6) is 0 Å². The second kappa shape index (κ2) is 5.34. The van der Waals surface area contributed by atoms with Crippen molar-refractivity contribution in [2.45, 2.75) is 57.1 Å². The van der Waals surface area contributed by atoms with Crippen LogP contribution in [0.1, 0.15) is 55.8 Å². The van der Waals surface area contributed by atoms with Crippen LogP contribution < -0.4 is 5.73 Å². The molecule has 1 aliphatic heterocycles. The van der Waals surface area contributed by atoms with Gasteiger partial charge in [0.25, 0.3) is 0 Å². The molecule has 1 unspecified atom stereocenters. The van der Waals surface area contributed by atoms with Gasteiger partial charge in [-0.3, -0.25) is 4.90 Å². The molecule has 2 aliphatic rings. The predicted octanol–water partition coefficient (Wildman–Crippen LogP) is 2.41. The largest absolute Gasteiger partial charge is 0.386 e. The van der Waals surface area contributed by atoms with Gasteiger partial charge in [-0.1, -0.05) is 12.8 Å². The highest BCUT2D eigenvalue weighted by Crippen LogP contribution is 2.46. The molecule has 0 bridgehead atoms. The maximum Gasteiger partial charge on any atom is 0.129 e. The minimum absolute atomic E-state index is 0.111. The van der Waals surface area contributed by atoms with Crippen molar-refractivity contribution in [3.63, 3.8) is 0 Å². The highest BCUT2D eigenvalue weighted by molar-refractivity contribution is 5.44. The normalized spacial score (nSPS) is 24.1. The predicted molar refractivity (Wildman–Crippen MR) is 80.4 cm³/mol. The van der Waals surface area contributed by atoms with E-state index in [-0.39, 0.29) is 5.54 Å². The summed E-state index contributed by atoms with van der Waals surface area (Å²) in [4.78, 5) is 6.73. The molecule has 1 saturated carbocycles. The summed E-state index contributed by atoms with van der Waals surface area (Å²) in [6, 6.07) is 2.00. The molecule has 20 heavy (non-hydrogen) atoms. The van der Waals surface area contributed by atoms with E-state index in [1.807, 2.05) is 13.0 Å². The molecule has 2 fully saturated rings. The smallest absolute Gasteiger partial charge is 0.129 e. The van der Waals surface area contributed by atoms with Crippen LogP contribution in [0.15, 0.2) is 12.3 Å². The second-order valence-corrected chi connectivity index (χ2v) is 6.39. The molecule has 4 nitrogen and oxygen atoms in total.